The maximum absolute atomic E-state index is 6.26. The average molecular weight is 304 g/mol. The zero-order valence-electron chi connectivity index (χ0n) is 13.5. The first kappa shape index (κ1) is 17.6. The molecule has 0 bridgehead atoms. The van der Waals surface area contributed by atoms with Crippen LogP contribution in [0.4, 0.5) is 0 Å². The Morgan fingerprint density at radius 3 is 2.53 bits per heavy atom. The van der Waals surface area contributed by atoms with Gasteiger partial charge in [-0.3, -0.25) is 0 Å². The molecule has 1 fully saturated rings. The molecule has 0 aliphatic carbocycles. The molecule has 0 N–H and O–H groups in total. The van der Waals surface area contributed by atoms with Gasteiger partial charge in [-0.15, -0.1) is 11.8 Å². The first-order valence-electron chi connectivity index (χ1n) is 7.07. The highest BCUT2D eigenvalue weighted by molar-refractivity contribution is 7.98. The minimum absolute atomic E-state index is 0.0938. The second kappa shape index (κ2) is 6.98. The van der Waals surface area contributed by atoms with Gasteiger partial charge in [-0.25, -0.2) is 0 Å². The smallest absolute Gasteiger partial charge is 0.192 e. The van der Waals surface area contributed by atoms with E-state index in [1.54, 1.807) is 11.8 Å². The monoisotopic (exact) mass is 304 g/mol. The molecular formula is C13H29BO3SSi. The number of ether oxygens (including phenoxy) is 2. The molecule has 3 atom stereocenters. The molecule has 0 spiro atoms. The predicted molar refractivity (Wildman–Crippen MR) is 88.2 cm³/mol. The zero-order chi connectivity index (χ0) is 14.7. The highest BCUT2D eigenvalue weighted by Gasteiger charge is 2.40. The lowest BCUT2D eigenvalue weighted by Crippen LogP contribution is -2.44. The van der Waals surface area contributed by atoms with Crippen molar-refractivity contribution in [1.29, 1.82) is 0 Å². The molecule has 1 heterocycles. The topological polar surface area (TPSA) is 27.7 Å². The van der Waals surface area contributed by atoms with E-state index in [-0.39, 0.29) is 23.2 Å². The largest absolute Gasteiger partial charge is 0.414 e. The van der Waals surface area contributed by atoms with Crippen molar-refractivity contribution in [2.75, 3.05) is 18.8 Å². The molecule has 6 heteroatoms. The van der Waals surface area contributed by atoms with Crippen LogP contribution >= 0.6 is 11.8 Å². The van der Waals surface area contributed by atoms with E-state index in [0.29, 0.717) is 6.61 Å². The molecule has 1 rings (SSSR count). The Balaban J connectivity index is 2.50. The van der Waals surface area contributed by atoms with Gasteiger partial charge < -0.3 is 13.9 Å². The van der Waals surface area contributed by atoms with E-state index in [9.17, 15) is 0 Å². The quantitative estimate of drug-likeness (QED) is 0.556. The summed E-state index contributed by atoms with van der Waals surface area (Å²) in [5.74, 6) is 0.733. The minimum atomic E-state index is -1.70. The number of hydrogen-bond donors (Lipinski definition) is 0. The molecule has 3 nitrogen and oxygen atoms in total. The van der Waals surface area contributed by atoms with Gasteiger partial charge in [0.25, 0.3) is 0 Å². The lowest BCUT2D eigenvalue weighted by atomic mass is 9.96. The molecule has 0 aromatic rings. The lowest BCUT2D eigenvalue weighted by molar-refractivity contribution is -0.0215. The van der Waals surface area contributed by atoms with Gasteiger partial charge in [0.05, 0.1) is 18.6 Å². The molecule has 1 unspecified atom stereocenters. The van der Waals surface area contributed by atoms with Crippen LogP contribution in [0, 0.1) is 0 Å². The summed E-state index contributed by atoms with van der Waals surface area (Å²) in [6.45, 7) is 12.0. The van der Waals surface area contributed by atoms with E-state index in [2.05, 4.69) is 48.0 Å². The molecule has 1 aliphatic rings. The summed E-state index contributed by atoms with van der Waals surface area (Å²) < 4.78 is 18.1. The molecule has 0 aromatic heterocycles. The molecule has 19 heavy (non-hydrogen) atoms. The molecule has 0 aromatic carbocycles. The normalized spacial score (nSPS) is 28.8. The second-order valence-corrected chi connectivity index (χ2v) is 12.5. The highest BCUT2D eigenvalue weighted by Crippen LogP contribution is 2.37. The standard InChI is InChI=1S/C13H29BO3SSi/c1-13(2,3)19(5,6)16-8-11-10(15-9-18-4)7-12(14)17-11/h10-12H,7-9,14H2,1-6H3/t10-,11?,12-/m1/s1. The van der Waals surface area contributed by atoms with Gasteiger partial charge in [0, 0.05) is 6.00 Å². The van der Waals surface area contributed by atoms with Crippen LogP contribution in [0.15, 0.2) is 0 Å². The third-order valence-electron chi connectivity index (χ3n) is 4.20. The summed E-state index contributed by atoms with van der Waals surface area (Å²) in [5, 5.41) is 0.243. The van der Waals surface area contributed by atoms with Crippen molar-refractivity contribution >= 4 is 27.9 Å². The van der Waals surface area contributed by atoms with Gasteiger partial charge in [-0.2, -0.15) is 0 Å². The first-order chi connectivity index (χ1) is 8.67. The van der Waals surface area contributed by atoms with E-state index in [4.69, 9.17) is 13.9 Å². The Kier molecular flexibility index (Phi) is 6.46. The molecular weight excluding hydrogens is 275 g/mol. The molecule has 0 saturated carbocycles. The fourth-order valence-corrected chi connectivity index (χ4v) is 3.23. The first-order valence-corrected chi connectivity index (χ1v) is 11.4. The lowest BCUT2D eigenvalue weighted by Gasteiger charge is -2.37. The van der Waals surface area contributed by atoms with Crippen LogP contribution in [-0.2, 0) is 13.9 Å². The van der Waals surface area contributed by atoms with Crippen molar-refractivity contribution in [3.8, 4) is 0 Å². The van der Waals surface area contributed by atoms with Gasteiger partial charge in [0.2, 0.25) is 0 Å². The predicted octanol–water partition coefficient (Wildman–Crippen LogP) is 2.46. The maximum Gasteiger partial charge on any atom is 0.192 e. The SMILES string of the molecule is B[C@H]1C[C@@H](OCSC)C(CO[Si](C)(C)C(C)(C)C)O1. The Morgan fingerprint density at radius 2 is 2.00 bits per heavy atom. The van der Waals surface area contributed by atoms with Crippen molar-refractivity contribution in [1.82, 2.24) is 0 Å². The number of thioether (sulfide) groups is 1. The van der Waals surface area contributed by atoms with Gasteiger partial charge in [-0.05, 0) is 30.8 Å². The molecule has 0 amide bonds. The van der Waals surface area contributed by atoms with Crippen LogP contribution in [0.25, 0.3) is 0 Å². The molecule has 1 saturated heterocycles. The van der Waals surface area contributed by atoms with Gasteiger partial charge in [-0.1, -0.05) is 20.8 Å². The summed E-state index contributed by atoms with van der Waals surface area (Å²) in [4.78, 5) is 0. The maximum atomic E-state index is 6.26. The van der Waals surface area contributed by atoms with E-state index in [1.165, 1.54) is 0 Å². The number of hydrogen-bond acceptors (Lipinski definition) is 4. The van der Waals surface area contributed by atoms with Crippen molar-refractivity contribution in [3.05, 3.63) is 0 Å². The minimum Gasteiger partial charge on any atom is -0.414 e. The van der Waals surface area contributed by atoms with Crippen LogP contribution in [0.1, 0.15) is 27.2 Å². The Hall–Kier alpha value is 0.512. The molecule has 112 valence electrons. The van der Waals surface area contributed by atoms with Crippen LogP contribution in [0.5, 0.6) is 0 Å². The van der Waals surface area contributed by atoms with Gasteiger partial charge in [0.15, 0.2) is 8.32 Å². The van der Waals surface area contributed by atoms with E-state index in [1.807, 2.05) is 0 Å². The van der Waals surface area contributed by atoms with Crippen LogP contribution in [-0.4, -0.2) is 53.2 Å². The van der Waals surface area contributed by atoms with Crippen molar-refractivity contribution in [3.63, 3.8) is 0 Å². The van der Waals surface area contributed by atoms with Crippen LogP contribution in [0.2, 0.25) is 18.1 Å². The average Bonchev–Trinajstić information content (AvgIpc) is 2.63. The van der Waals surface area contributed by atoms with Crippen LogP contribution < -0.4 is 0 Å². The van der Waals surface area contributed by atoms with E-state index in [0.717, 1.165) is 12.4 Å². The summed E-state index contributed by atoms with van der Waals surface area (Å²) >= 11 is 1.71. The molecule has 1 aliphatic heterocycles. The van der Waals surface area contributed by atoms with E-state index >= 15 is 0 Å². The summed E-state index contributed by atoms with van der Waals surface area (Å²) in [7, 11) is 0.417. The Bertz CT molecular complexity index is 284. The fourth-order valence-electron chi connectivity index (χ4n) is 1.90. The summed E-state index contributed by atoms with van der Waals surface area (Å²) in [5.41, 5.74) is 0. The fraction of sp³-hybridized carbons (Fsp3) is 1.00. The summed E-state index contributed by atoms with van der Waals surface area (Å²) in [6.07, 6.45) is 3.32. The number of rotatable bonds is 6. The zero-order valence-corrected chi connectivity index (χ0v) is 15.3. The third-order valence-corrected chi connectivity index (χ3v) is 9.07. The summed E-state index contributed by atoms with van der Waals surface area (Å²) in [6, 6.07) is 0.278. The third kappa shape index (κ3) is 5.08. The van der Waals surface area contributed by atoms with Crippen LogP contribution in [0.3, 0.4) is 0 Å². The molecule has 0 radical (unpaired) electrons. The van der Waals surface area contributed by atoms with Gasteiger partial charge in [0.1, 0.15) is 14.0 Å². The second-order valence-electron chi connectivity index (χ2n) is 6.90. The van der Waals surface area contributed by atoms with E-state index < -0.39 is 8.32 Å². The Labute approximate surface area is 124 Å². The van der Waals surface area contributed by atoms with Crippen molar-refractivity contribution in [2.24, 2.45) is 0 Å². The Morgan fingerprint density at radius 1 is 1.37 bits per heavy atom. The van der Waals surface area contributed by atoms with Gasteiger partial charge >= 0.3 is 0 Å². The highest BCUT2D eigenvalue weighted by atomic mass is 32.2. The van der Waals surface area contributed by atoms with Crippen molar-refractivity contribution < 1.29 is 13.9 Å². The van der Waals surface area contributed by atoms with Crippen molar-refractivity contribution in [2.45, 2.75) is 63.5 Å².